The number of halogens is 2. The molecule has 1 amide bonds. The fourth-order valence-corrected chi connectivity index (χ4v) is 2.76. The summed E-state index contributed by atoms with van der Waals surface area (Å²) in [4.78, 5) is 11.9. The molecule has 0 bridgehead atoms. The first kappa shape index (κ1) is 15.8. The van der Waals surface area contributed by atoms with Gasteiger partial charge in [-0.05, 0) is 32.0 Å². The molecule has 0 atom stereocenters. The van der Waals surface area contributed by atoms with Crippen molar-refractivity contribution in [2.24, 2.45) is 0 Å². The molecule has 0 spiro atoms. The maximum Gasteiger partial charge on any atom is 0.234 e. The van der Waals surface area contributed by atoms with Crippen molar-refractivity contribution >= 4 is 35.0 Å². The standard InChI is InChI=1S/C13H14ClFN4OS/c1-3-19-8(2)17-18-13(19)21-7-12(20)16-9-4-5-11(15)10(14)6-9/h4-6H,3,7H2,1-2H3,(H,16,20). The van der Waals surface area contributed by atoms with Crippen molar-refractivity contribution in [3.63, 3.8) is 0 Å². The average molecular weight is 329 g/mol. The summed E-state index contributed by atoms with van der Waals surface area (Å²) in [6.45, 7) is 4.60. The lowest BCUT2D eigenvalue weighted by Crippen LogP contribution is -2.14. The Morgan fingerprint density at radius 3 is 2.90 bits per heavy atom. The van der Waals surface area contributed by atoms with Gasteiger partial charge >= 0.3 is 0 Å². The van der Waals surface area contributed by atoms with Crippen LogP contribution in [0.25, 0.3) is 0 Å². The zero-order chi connectivity index (χ0) is 15.4. The van der Waals surface area contributed by atoms with Crippen LogP contribution < -0.4 is 5.32 Å². The lowest BCUT2D eigenvalue weighted by atomic mass is 10.3. The van der Waals surface area contributed by atoms with Gasteiger partial charge in [0.15, 0.2) is 5.16 Å². The van der Waals surface area contributed by atoms with Crippen LogP contribution in [0.5, 0.6) is 0 Å². The number of carbonyl (C=O) groups is 1. The quantitative estimate of drug-likeness (QED) is 0.857. The number of benzene rings is 1. The highest BCUT2D eigenvalue weighted by Crippen LogP contribution is 2.20. The van der Waals surface area contributed by atoms with E-state index in [1.807, 2.05) is 18.4 Å². The average Bonchev–Trinajstić information content (AvgIpc) is 2.81. The molecule has 112 valence electrons. The lowest BCUT2D eigenvalue weighted by molar-refractivity contribution is -0.113. The van der Waals surface area contributed by atoms with Crippen LogP contribution in [0.3, 0.4) is 0 Å². The molecular formula is C13H14ClFN4OS. The van der Waals surface area contributed by atoms with Crippen LogP contribution in [-0.2, 0) is 11.3 Å². The number of nitrogens with zero attached hydrogens (tertiary/aromatic N) is 3. The van der Waals surface area contributed by atoms with Gasteiger partial charge in [0.25, 0.3) is 0 Å². The molecule has 0 radical (unpaired) electrons. The summed E-state index contributed by atoms with van der Waals surface area (Å²) in [7, 11) is 0. The van der Waals surface area contributed by atoms with E-state index in [2.05, 4.69) is 15.5 Å². The normalized spacial score (nSPS) is 10.7. The molecule has 1 N–H and O–H groups in total. The van der Waals surface area contributed by atoms with Gasteiger partial charge in [-0.2, -0.15) is 0 Å². The minimum atomic E-state index is -0.518. The molecule has 0 aliphatic heterocycles. The third-order valence-corrected chi connectivity index (χ3v) is 4.01. The summed E-state index contributed by atoms with van der Waals surface area (Å²) in [6, 6.07) is 4.04. The Kier molecular flexibility index (Phi) is 5.19. The van der Waals surface area contributed by atoms with E-state index in [1.54, 1.807) is 0 Å². The van der Waals surface area contributed by atoms with Crippen LogP contribution in [0.2, 0.25) is 5.02 Å². The minimum absolute atomic E-state index is 0.0261. The Morgan fingerprint density at radius 1 is 1.48 bits per heavy atom. The third kappa shape index (κ3) is 3.95. The molecular weight excluding hydrogens is 315 g/mol. The highest BCUT2D eigenvalue weighted by molar-refractivity contribution is 7.99. The van der Waals surface area contributed by atoms with Crippen LogP contribution in [0, 0.1) is 12.7 Å². The van der Waals surface area contributed by atoms with E-state index in [0.29, 0.717) is 10.8 Å². The number of aromatic nitrogens is 3. The van der Waals surface area contributed by atoms with E-state index in [1.165, 1.54) is 30.0 Å². The Balaban J connectivity index is 1.94. The van der Waals surface area contributed by atoms with E-state index in [-0.39, 0.29) is 16.7 Å². The molecule has 21 heavy (non-hydrogen) atoms. The summed E-state index contributed by atoms with van der Waals surface area (Å²) in [5.74, 6) is 0.264. The van der Waals surface area contributed by atoms with Gasteiger partial charge in [0.05, 0.1) is 10.8 Å². The van der Waals surface area contributed by atoms with Gasteiger partial charge in [0.1, 0.15) is 11.6 Å². The molecule has 1 aromatic carbocycles. The predicted molar refractivity (Wildman–Crippen MR) is 81.2 cm³/mol. The van der Waals surface area contributed by atoms with Crippen molar-refractivity contribution in [3.05, 3.63) is 34.9 Å². The first-order chi connectivity index (χ1) is 10.0. The number of hydrogen-bond acceptors (Lipinski definition) is 4. The molecule has 0 aliphatic carbocycles. The summed E-state index contributed by atoms with van der Waals surface area (Å²) < 4.78 is 14.9. The maximum absolute atomic E-state index is 13.0. The second-order valence-corrected chi connectivity index (χ2v) is 5.59. The van der Waals surface area contributed by atoms with E-state index in [4.69, 9.17) is 11.6 Å². The molecule has 1 aromatic heterocycles. The van der Waals surface area contributed by atoms with Gasteiger partial charge < -0.3 is 9.88 Å². The minimum Gasteiger partial charge on any atom is -0.325 e. The van der Waals surface area contributed by atoms with Crippen LogP contribution >= 0.6 is 23.4 Å². The number of hydrogen-bond donors (Lipinski definition) is 1. The van der Waals surface area contributed by atoms with Crippen molar-refractivity contribution in [1.29, 1.82) is 0 Å². The number of rotatable bonds is 5. The molecule has 0 saturated heterocycles. The fourth-order valence-electron chi connectivity index (χ4n) is 1.73. The SMILES string of the molecule is CCn1c(C)nnc1SCC(=O)Nc1ccc(F)c(Cl)c1. The fraction of sp³-hybridized carbons (Fsp3) is 0.308. The molecule has 2 rings (SSSR count). The topological polar surface area (TPSA) is 59.8 Å². The highest BCUT2D eigenvalue weighted by atomic mass is 35.5. The van der Waals surface area contributed by atoms with Crippen molar-refractivity contribution in [2.45, 2.75) is 25.5 Å². The molecule has 0 unspecified atom stereocenters. The number of anilines is 1. The maximum atomic E-state index is 13.0. The summed E-state index contributed by atoms with van der Waals surface area (Å²) >= 11 is 6.96. The molecule has 0 fully saturated rings. The van der Waals surface area contributed by atoms with Gasteiger partial charge in [-0.1, -0.05) is 23.4 Å². The predicted octanol–water partition coefficient (Wildman–Crippen LogP) is 3.13. The highest BCUT2D eigenvalue weighted by Gasteiger charge is 2.11. The molecule has 5 nitrogen and oxygen atoms in total. The van der Waals surface area contributed by atoms with Crippen molar-refractivity contribution in [1.82, 2.24) is 14.8 Å². The smallest absolute Gasteiger partial charge is 0.234 e. The van der Waals surface area contributed by atoms with E-state index < -0.39 is 5.82 Å². The third-order valence-electron chi connectivity index (χ3n) is 2.75. The second kappa shape index (κ2) is 6.91. The zero-order valence-corrected chi connectivity index (χ0v) is 13.1. The first-order valence-corrected chi connectivity index (χ1v) is 7.65. The monoisotopic (exact) mass is 328 g/mol. The number of amides is 1. The number of carbonyl (C=O) groups excluding carboxylic acids is 1. The largest absolute Gasteiger partial charge is 0.325 e. The van der Waals surface area contributed by atoms with Gasteiger partial charge in [0, 0.05) is 12.2 Å². The van der Waals surface area contributed by atoms with Gasteiger partial charge in [-0.3, -0.25) is 4.79 Å². The molecule has 1 heterocycles. The molecule has 8 heteroatoms. The molecule has 2 aromatic rings. The second-order valence-electron chi connectivity index (χ2n) is 4.24. The van der Waals surface area contributed by atoms with Gasteiger partial charge in [0.2, 0.25) is 5.91 Å². The van der Waals surface area contributed by atoms with Crippen molar-refractivity contribution < 1.29 is 9.18 Å². The Labute approximate surface area is 130 Å². The molecule has 0 saturated carbocycles. The van der Waals surface area contributed by atoms with Crippen LogP contribution in [-0.4, -0.2) is 26.4 Å². The van der Waals surface area contributed by atoms with Gasteiger partial charge in [-0.15, -0.1) is 10.2 Å². The number of nitrogens with one attached hydrogen (secondary N) is 1. The van der Waals surface area contributed by atoms with Crippen LogP contribution in [0.4, 0.5) is 10.1 Å². The van der Waals surface area contributed by atoms with E-state index in [9.17, 15) is 9.18 Å². The van der Waals surface area contributed by atoms with Crippen LogP contribution in [0.1, 0.15) is 12.7 Å². The lowest BCUT2D eigenvalue weighted by Gasteiger charge is -2.07. The van der Waals surface area contributed by atoms with Crippen molar-refractivity contribution in [3.8, 4) is 0 Å². The molecule has 0 aliphatic rings. The number of aryl methyl sites for hydroxylation is 1. The Morgan fingerprint density at radius 2 is 2.24 bits per heavy atom. The summed E-state index contributed by atoms with van der Waals surface area (Å²) in [5.41, 5.74) is 0.458. The number of thioether (sulfide) groups is 1. The summed E-state index contributed by atoms with van der Waals surface area (Å²) in [6.07, 6.45) is 0. The Hall–Kier alpha value is -1.60. The van der Waals surface area contributed by atoms with Crippen LogP contribution in [0.15, 0.2) is 23.4 Å². The van der Waals surface area contributed by atoms with E-state index >= 15 is 0 Å². The van der Waals surface area contributed by atoms with E-state index in [0.717, 1.165) is 12.4 Å². The summed E-state index contributed by atoms with van der Waals surface area (Å²) in [5, 5.41) is 11.3. The van der Waals surface area contributed by atoms with Gasteiger partial charge in [-0.25, -0.2) is 4.39 Å². The Bertz CT molecular complexity index is 662. The van der Waals surface area contributed by atoms with Crippen molar-refractivity contribution in [2.75, 3.05) is 11.1 Å². The first-order valence-electron chi connectivity index (χ1n) is 6.28. The zero-order valence-electron chi connectivity index (χ0n) is 11.6.